The summed E-state index contributed by atoms with van der Waals surface area (Å²) < 4.78 is 5.70. The maximum Gasteiger partial charge on any atom is 0.169 e. The lowest BCUT2D eigenvalue weighted by molar-refractivity contribution is 0.243. The molecule has 18 heavy (non-hydrogen) atoms. The van der Waals surface area contributed by atoms with Gasteiger partial charge in [0.2, 0.25) is 0 Å². The van der Waals surface area contributed by atoms with Gasteiger partial charge in [0.05, 0.1) is 6.10 Å². The Morgan fingerprint density at radius 3 is 2.67 bits per heavy atom. The van der Waals surface area contributed by atoms with Crippen molar-refractivity contribution in [2.45, 2.75) is 26.5 Å². The molecule has 0 bridgehead atoms. The molecule has 2 aromatic heterocycles. The van der Waals surface area contributed by atoms with Crippen LogP contribution in [0.5, 0.6) is 5.75 Å². The second-order valence-corrected chi connectivity index (χ2v) is 4.23. The van der Waals surface area contributed by atoms with E-state index in [1.807, 2.05) is 38.1 Å². The van der Waals surface area contributed by atoms with Crippen molar-refractivity contribution >= 4 is 5.82 Å². The van der Waals surface area contributed by atoms with Gasteiger partial charge in [-0.15, -0.1) is 0 Å². The van der Waals surface area contributed by atoms with Gasteiger partial charge in [-0.25, -0.2) is 4.98 Å². The lowest BCUT2D eigenvalue weighted by Crippen LogP contribution is -2.09. The summed E-state index contributed by atoms with van der Waals surface area (Å²) in [4.78, 5) is 8.28. The summed E-state index contributed by atoms with van der Waals surface area (Å²) in [5, 5.41) is 3.27. The van der Waals surface area contributed by atoms with Gasteiger partial charge in [-0.2, -0.15) is 0 Å². The van der Waals surface area contributed by atoms with Gasteiger partial charge in [0.1, 0.15) is 0 Å². The van der Waals surface area contributed by atoms with Crippen molar-refractivity contribution in [3.05, 3.63) is 48.4 Å². The van der Waals surface area contributed by atoms with E-state index in [2.05, 4.69) is 15.3 Å². The van der Waals surface area contributed by atoms with E-state index in [-0.39, 0.29) is 6.10 Å². The van der Waals surface area contributed by atoms with Gasteiger partial charge in [0, 0.05) is 25.1 Å². The molecule has 0 saturated carbocycles. The molecule has 0 amide bonds. The third-order valence-corrected chi connectivity index (χ3v) is 2.34. The fourth-order valence-corrected chi connectivity index (χ4v) is 1.56. The molecule has 0 aliphatic rings. The van der Waals surface area contributed by atoms with Crippen LogP contribution in [0.3, 0.4) is 0 Å². The van der Waals surface area contributed by atoms with E-state index in [1.54, 1.807) is 18.6 Å². The van der Waals surface area contributed by atoms with Crippen molar-refractivity contribution in [3.8, 4) is 5.75 Å². The topological polar surface area (TPSA) is 47.0 Å². The number of nitrogens with zero attached hydrogens (tertiary/aromatic N) is 2. The normalized spacial score (nSPS) is 10.4. The van der Waals surface area contributed by atoms with Crippen LogP contribution in [0.25, 0.3) is 0 Å². The molecular weight excluding hydrogens is 226 g/mol. The second kappa shape index (κ2) is 6.00. The Bertz CT molecular complexity index is 485. The Balaban J connectivity index is 2.05. The molecule has 0 atom stereocenters. The van der Waals surface area contributed by atoms with E-state index in [0.717, 1.165) is 17.1 Å². The number of hydrogen-bond donors (Lipinski definition) is 1. The number of aromatic nitrogens is 2. The summed E-state index contributed by atoms with van der Waals surface area (Å²) in [6.45, 7) is 4.70. The van der Waals surface area contributed by atoms with Crippen LogP contribution < -0.4 is 10.1 Å². The van der Waals surface area contributed by atoms with Gasteiger partial charge in [-0.05, 0) is 43.7 Å². The van der Waals surface area contributed by atoms with Crippen LogP contribution in [0.4, 0.5) is 5.82 Å². The molecule has 0 aromatic carbocycles. The maximum atomic E-state index is 5.70. The highest BCUT2D eigenvalue weighted by molar-refractivity contribution is 5.49. The SMILES string of the molecule is CC(C)Oc1cccnc1NCc1ccncc1. The Morgan fingerprint density at radius 1 is 1.17 bits per heavy atom. The fourth-order valence-electron chi connectivity index (χ4n) is 1.56. The predicted octanol–water partition coefficient (Wildman–Crippen LogP) is 2.88. The number of rotatable bonds is 5. The van der Waals surface area contributed by atoms with Gasteiger partial charge < -0.3 is 10.1 Å². The highest BCUT2D eigenvalue weighted by atomic mass is 16.5. The lowest BCUT2D eigenvalue weighted by atomic mass is 10.2. The minimum atomic E-state index is 0.135. The Labute approximate surface area is 107 Å². The average molecular weight is 243 g/mol. The molecule has 0 fully saturated rings. The predicted molar refractivity (Wildman–Crippen MR) is 71.6 cm³/mol. The van der Waals surface area contributed by atoms with Gasteiger partial charge in [-0.1, -0.05) is 0 Å². The first kappa shape index (κ1) is 12.4. The molecule has 1 N–H and O–H groups in total. The van der Waals surface area contributed by atoms with E-state index in [4.69, 9.17) is 4.74 Å². The summed E-state index contributed by atoms with van der Waals surface area (Å²) in [6.07, 6.45) is 5.44. The van der Waals surface area contributed by atoms with Gasteiger partial charge in [-0.3, -0.25) is 4.98 Å². The highest BCUT2D eigenvalue weighted by Crippen LogP contribution is 2.22. The second-order valence-electron chi connectivity index (χ2n) is 4.23. The van der Waals surface area contributed by atoms with Gasteiger partial charge in [0.15, 0.2) is 11.6 Å². The zero-order chi connectivity index (χ0) is 12.8. The molecule has 2 aromatic rings. The molecule has 2 heterocycles. The van der Waals surface area contributed by atoms with Crippen molar-refractivity contribution in [1.82, 2.24) is 9.97 Å². The van der Waals surface area contributed by atoms with Crippen molar-refractivity contribution < 1.29 is 4.74 Å². The number of nitrogens with one attached hydrogen (secondary N) is 1. The molecule has 0 aliphatic heterocycles. The zero-order valence-corrected chi connectivity index (χ0v) is 10.6. The summed E-state index contributed by atoms with van der Waals surface area (Å²) in [5.41, 5.74) is 1.16. The van der Waals surface area contributed by atoms with Crippen LogP contribution in [-0.2, 0) is 6.54 Å². The number of ether oxygens (including phenoxy) is 1. The molecule has 0 spiro atoms. The molecule has 2 rings (SSSR count). The van der Waals surface area contributed by atoms with E-state index in [0.29, 0.717) is 6.54 Å². The number of anilines is 1. The summed E-state index contributed by atoms with van der Waals surface area (Å²) in [6, 6.07) is 7.73. The minimum Gasteiger partial charge on any atom is -0.487 e. The molecule has 0 radical (unpaired) electrons. The third-order valence-electron chi connectivity index (χ3n) is 2.34. The molecule has 0 aliphatic carbocycles. The number of pyridine rings is 2. The molecule has 0 unspecified atom stereocenters. The van der Waals surface area contributed by atoms with E-state index in [9.17, 15) is 0 Å². The first-order valence-corrected chi connectivity index (χ1v) is 6.00. The Kier molecular flexibility index (Phi) is 4.12. The van der Waals surface area contributed by atoms with E-state index < -0.39 is 0 Å². The zero-order valence-electron chi connectivity index (χ0n) is 10.6. The minimum absolute atomic E-state index is 0.135. The van der Waals surface area contributed by atoms with Gasteiger partial charge >= 0.3 is 0 Å². The standard InChI is InChI=1S/C14H17N3O/c1-11(2)18-13-4-3-7-16-14(13)17-10-12-5-8-15-9-6-12/h3-9,11H,10H2,1-2H3,(H,16,17). The smallest absolute Gasteiger partial charge is 0.169 e. The van der Waals surface area contributed by atoms with Crippen molar-refractivity contribution in [3.63, 3.8) is 0 Å². The van der Waals surface area contributed by atoms with Crippen LogP contribution >= 0.6 is 0 Å². The van der Waals surface area contributed by atoms with Crippen LogP contribution in [0, 0.1) is 0 Å². The van der Waals surface area contributed by atoms with E-state index in [1.165, 1.54) is 0 Å². The molecule has 4 heteroatoms. The van der Waals surface area contributed by atoms with Crippen LogP contribution in [0.1, 0.15) is 19.4 Å². The van der Waals surface area contributed by atoms with Crippen molar-refractivity contribution in [2.75, 3.05) is 5.32 Å². The molecular formula is C14H17N3O. The first-order valence-electron chi connectivity index (χ1n) is 6.00. The summed E-state index contributed by atoms with van der Waals surface area (Å²) in [5.74, 6) is 1.55. The number of hydrogen-bond acceptors (Lipinski definition) is 4. The Hall–Kier alpha value is -2.10. The van der Waals surface area contributed by atoms with Crippen molar-refractivity contribution in [1.29, 1.82) is 0 Å². The third kappa shape index (κ3) is 3.45. The first-order chi connectivity index (χ1) is 8.75. The molecule has 4 nitrogen and oxygen atoms in total. The van der Waals surface area contributed by atoms with Crippen LogP contribution in [0.15, 0.2) is 42.9 Å². The highest BCUT2D eigenvalue weighted by Gasteiger charge is 2.05. The lowest BCUT2D eigenvalue weighted by Gasteiger charge is -2.14. The van der Waals surface area contributed by atoms with Crippen LogP contribution in [0.2, 0.25) is 0 Å². The quantitative estimate of drug-likeness (QED) is 0.877. The fraction of sp³-hybridized carbons (Fsp3) is 0.286. The monoisotopic (exact) mass is 243 g/mol. The molecule has 94 valence electrons. The molecule has 0 saturated heterocycles. The summed E-state index contributed by atoms with van der Waals surface area (Å²) in [7, 11) is 0. The van der Waals surface area contributed by atoms with Crippen LogP contribution in [-0.4, -0.2) is 16.1 Å². The van der Waals surface area contributed by atoms with Crippen molar-refractivity contribution in [2.24, 2.45) is 0 Å². The average Bonchev–Trinajstić information content (AvgIpc) is 2.38. The van der Waals surface area contributed by atoms with Gasteiger partial charge in [0.25, 0.3) is 0 Å². The largest absolute Gasteiger partial charge is 0.487 e. The van der Waals surface area contributed by atoms with E-state index >= 15 is 0 Å². The maximum absolute atomic E-state index is 5.70. The Morgan fingerprint density at radius 2 is 1.94 bits per heavy atom. The summed E-state index contributed by atoms with van der Waals surface area (Å²) >= 11 is 0.